The SMILES string of the molecule is C=CCCC(=O)CCCCC[C@H](N)C(=O)O.C=CCOC(=O)CCCCC[C@H](N)C(=O)O.CC(=O)C(=O)CCCCC[C@H](N)C(=O)O.CCCC(=O)CCCCC[C@H](N)C(=O)O.N[C@@H](CCCCCC(=O)C(=O)c1ccccc1)C(=O)O.[N-]=[N+]=NCC(=O)CCCCC[C@H](N)C(=O)O. The summed E-state index contributed by atoms with van der Waals surface area (Å²) in [5, 5.41) is 54.3. The summed E-state index contributed by atoms with van der Waals surface area (Å²) in [5.74, 6) is -7.34. The monoisotopic (exact) mass is 1390 g/mol. The van der Waals surface area contributed by atoms with Crippen LogP contribution in [0.15, 0.2) is 60.8 Å². The Balaban J connectivity index is -0.000000354. The van der Waals surface area contributed by atoms with Crippen molar-refractivity contribution in [3.8, 4) is 0 Å². The van der Waals surface area contributed by atoms with Crippen LogP contribution in [-0.4, -0.2) is 162 Å². The van der Waals surface area contributed by atoms with Gasteiger partial charge in [0.25, 0.3) is 0 Å². The second-order valence-corrected chi connectivity index (χ2v) is 22.9. The summed E-state index contributed by atoms with van der Waals surface area (Å²) in [4.78, 5) is 154. The number of aliphatic carboxylic acids is 6. The van der Waals surface area contributed by atoms with E-state index in [9.17, 15) is 67.1 Å². The highest BCUT2D eigenvalue weighted by molar-refractivity contribution is 6.43. The molecule has 98 heavy (non-hydrogen) atoms. The van der Waals surface area contributed by atoms with Gasteiger partial charge in [-0.25, -0.2) is 0 Å². The third-order valence-electron chi connectivity index (χ3n) is 14.1. The molecule has 18 N–H and O–H groups in total. The average molecular weight is 1390 g/mol. The first-order valence-corrected chi connectivity index (χ1v) is 33.3. The van der Waals surface area contributed by atoms with E-state index in [-0.39, 0.29) is 49.3 Å². The molecule has 1 aromatic rings. The number of ether oxygens (including phenoxy) is 1. The van der Waals surface area contributed by atoms with Crippen LogP contribution in [-0.2, 0) is 67.1 Å². The number of hydrogen-bond acceptors (Lipinski definition) is 22. The summed E-state index contributed by atoms with van der Waals surface area (Å²) in [6, 6.07) is 3.64. The van der Waals surface area contributed by atoms with Gasteiger partial charge in [0.05, 0.1) is 6.54 Å². The fourth-order valence-corrected chi connectivity index (χ4v) is 8.04. The zero-order chi connectivity index (χ0) is 75.7. The van der Waals surface area contributed by atoms with Crippen LogP contribution >= 0.6 is 0 Å². The number of esters is 1. The number of nitrogens with zero attached hydrogens (tertiary/aromatic N) is 3. The molecule has 30 nitrogen and oxygen atoms in total. The molecule has 0 aliphatic rings. The average Bonchev–Trinajstić information content (AvgIpc) is 0.933. The van der Waals surface area contributed by atoms with Gasteiger partial charge in [0.15, 0.2) is 11.6 Å². The fourth-order valence-electron chi connectivity index (χ4n) is 8.04. The lowest BCUT2D eigenvalue weighted by Crippen LogP contribution is -2.29. The largest absolute Gasteiger partial charge is 0.480 e. The molecular formula is C68H113N9O21. The number of nitrogens with two attached hydrogens (primary N) is 6. The third-order valence-corrected chi connectivity index (χ3v) is 14.1. The molecule has 0 aliphatic carbocycles. The number of carbonyl (C=O) groups excluding carboxylic acids is 8. The van der Waals surface area contributed by atoms with Crippen LogP contribution in [0.25, 0.3) is 10.4 Å². The Bertz CT molecular complexity index is 2520. The zero-order valence-corrected chi connectivity index (χ0v) is 57.5. The molecule has 0 radical (unpaired) electrons. The van der Waals surface area contributed by atoms with Crippen molar-refractivity contribution < 1.29 is 102 Å². The lowest BCUT2D eigenvalue weighted by molar-refractivity contribution is -0.143. The summed E-state index contributed by atoms with van der Waals surface area (Å²) in [6.45, 7) is 10.4. The van der Waals surface area contributed by atoms with E-state index >= 15 is 0 Å². The second-order valence-electron chi connectivity index (χ2n) is 22.9. The van der Waals surface area contributed by atoms with Gasteiger partial charge in [-0.1, -0.05) is 138 Å². The number of unbranched alkanes of at least 4 members (excludes halogenated alkanes) is 12. The van der Waals surface area contributed by atoms with Crippen LogP contribution < -0.4 is 34.4 Å². The number of rotatable bonds is 54. The summed E-state index contributed by atoms with van der Waals surface area (Å²) < 4.78 is 4.78. The minimum absolute atomic E-state index is 0.0969. The minimum atomic E-state index is -1.01. The van der Waals surface area contributed by atoms with Gasteiger partial charge in [-0.15, -0.1) is 6.58 Å². The standard InChI is InChI=1S/C15H19NO4.C12H21NO3.C11H19NO4.C11H21NO3.C10H17NO4.C9H16N4O3/c16-12(15(19)20)9-5-2-6-10-13(17)14(18)11-7-3-1-4-8-11;1-2-3-7-10(14)8-5-4-6-9-11(13)12(15)16;1-2-8-16-10(13)7-5-3-4-6-9(12)11(14)15;1-2-6-9(13)7-4-3-5-8-10(12)11(14)15;1-7(12)9(13)6-4-2-3-5-8(11)10(14)15;10-8(9(15)16)5-3-1-2-4-7(14)6-12-13-11/h1,3-4,7-8,12H,2,5-6,9-10,16H2,(H,19,20);2,11H,1,3-9,13H2,(H,15,16);2,9H,1,3-8,12H2,(H,14,15);10H,2-8,12H2,1H3,(H,14,15);8H,2-6,11H2,1H3,(H,14,15);8H,1-6,10H2,(H,15,16)/t12-;11-;9-;10-;2*8-/m000000/s1. The Morgan fingerprint density at radius 2 is 0.755 bits per heavy atom. The summed E-state index contributed by atoms with van der Waals surface area (Å²) >= 11 is 0. The van der Waals surface area contributed by atoms with E-state index < -0.39 is 89.4 Å². The highest BCUT2D eigenvalue weighted by Gasteiger charge is 2.18. The Hall–Kier alpha value is -8.25. The Morgan fingerprint density at radius 3 is 1.06 bits per heavy atom. The van der Waals surface area contributed by atoms with Crippen LogP contribution in [0.1, 0.15) is 243 Å². The molecule has 556 valence electrons. The quantitative estimate of drug-likeness (QED) is 0.00427. The molecule has 0 bridgehead atoms. The van der Waals surface area contributed by atoms with E-state index in [4.69, 9.17) is 75.3 Å². The molecule has 0 fully saturated rings. The van der Waals surface area contributed by atoms with Crippen molar-refractivity contribution in [2.45, 2.75) is 268 Å². The maximum Gasteiger partial charge on any atom is 0.320 e. The molecule has 0 spiro atoms. The van der Waals surface area contributed by atoms with Crippen LogP contribution in [0.4, 0.5) is 0 Å². The van der Waals surface area contributed by atoms with Crippen molar-refractivity contribution >= 4 is 82.3 Å². The maximum atomic E-state index is 11.8. The van der Waals surface area contributed by atoms with Crippen molar-refractivity contribution in [1.82, 2.24) is 0 Å². The maximum absolute atomic E-state index is 11.8. The lowest BCUT2D eigenvalue weighted by Gasteiger charge is -2.05. The van der Waals surface area contributed by atoms with Gasteiger partial charge in [-0.2, -0.15) is 0 Å². The van der Waals surface area contributed by atoms with Gasteiger partial charge >= 0.3 is 41.8 Å². The van der Waals surface area contributed by atoms with E-state index in [0.29, 0.717) is 146 Å². The minimum Gasteiger partial charge on any atom is -0.480 e. The third kappa shape index (κ3) is 67.7. The first-order chi connectivity index (χ1) is 46.3. The number of carbonyl (C=O) groups is 14. The number of carboxylic acids is 6. The molecule has 0 aliphatic heterocycles. The number of benzene rings is 1. The number of azide groups is 1. The summed E-state index contributed by atoms with van der Waals surface area (Å²) in [7, 11) is 0. The smallest absolute Gasteiger partial charge is 0.320 e. The van der Waals surface area contributed by atoms with Crippen LogP contribution in [0.5, 0.6) is 0 Å². The Morgan fingerprint density at radius 1 is 0.439 bits per heavy atom. The van der Waals surface area contributed by atoms with Gasteiger partial charge in [0.2, 0.25) is 11.6 Å². The number of allylic oxidation sites excluding steroid dienone is 1. The Labute approximate surface area is 575 Å². The topological polar surface area (TPSA) is 574 Å². The Kier molecular flexibility index (Phi) is 67.6. The summed E-state index contributed by atoms with van der Waals surface area (Å²) in [5.41, 5.74) is 40.3. The van der Waals surface area contributed by atoms with Crippen molar-refractivity contribution in [1.29, 1.82) is 0 Å². The highest BCUT2D eigenvalue weighted by Crippen LogP contribution is 2.13. The predicted molar refractivity (Wildman–Crippen MR) is 368 cm³/mol. The van der Waals surface area contributed by atoms with Crippen molar-refractivity contribution in [3.63, 3.8) is 0 Å². The zero-order valence-electron chi connectivity index (χ0n) is 57.5. The molecule has 0 saturated carbocycles. The molecule has 30 heteroatoms. The molecule has 6 atom stereocenters. The van der Waals surface area contributed by atoms with E-state index in [1.165, 1.54) is 13.0 Å². The second kappa shape index (κ2) is 67.3. The summed E-state index contributed by atoms with van der Waals surface area (Å²) in [6.07, 6.45) is 24.3. The van der Waals surface area contributed by atoms with Gasteiger partial charge in [0, 0.05) is 68.8 Å². The molecule has 0 unspecified atom stereocenters. The molecule has 1 rings (SSSR count). The van der Waals surface area contributed by atoms with Crippen LogP contribution in [0.3, 0.4) is 0 Å². The van der Waals surface area contributed by atoms with Gasteiger partial charge in [0.1, 0.15) is 60.2 Å². The number of hydrogen-bond donors (Lipinski definition) is 12. The van der Waals surface area contributed by atoms with E-state index in [0.717, 1.165) is 70.6 Å². The van der Waals surface area contributed by atoms with Crippen molar-refractivity contribution in [2.24, 2.45) is 39.5 Å². The van der Waals surface area contributed by atoms with E-state index in [2.05, 4.69) is 23.2 Å². The molecule has 0 amide bonds. The molecule has 0 saturated heterocycles. The number of Topliss-reactive ketones (excluding diaryl/α,β-unsaturated/α-hetero) is 7. The van der Waals surface area contributed by atoms with Gasteiger partial charge in [-0.05, 0) is 95.4 Å². The highest BCUT2D eigenvalue weighted by atomic mass is 16.5. The van der Waals surface area contributed by atoms with E-state index in [1.807, 2.05) is 6.92 Å². The van der Waals surface area contributed by atoms with Crippen molar-refractivity contribution in [2.75, 3.05) is 13.2 Å². The van der Waals surface area contributed by atoms with Crippen molar-refractivity contribution in [3.05, 3.63) is 71.6 Å². The molecule has 0 heterocycles. The van der Waals surface area contributed by atoms with E-state index in [1.54, 1.807) is 36.4 Å². The lowest BCUT2D eigenvalue weighted by atomic mass is 10.0. The van der Waals surface area contributed by atoms with Crippen LogP contribution in [0, 0.1) is 0 Å². The normalized spacial score (nSPS) is 12.0. The molecule has 0 aromatic heterocycles. The van der Waals surface area contributed by atoms with Crippen LogP contribution in [0.2, 0.25) is 0 Å². The first kappa shape index (κ1) is 98.4. The predicted octanol–water partition coefficient (Wildman–Crippen LogP) is 8.22. The van der Waals surface area contributed by atoms with Gasteiger partial charge in [-0.3, -0.25) is 67.1 Å². The number of ketones is 7. The molecule has 1 aromatic carbocycles. The fraction of sp³-hybridized carbons (Fsp3) is 0.647. The molecular weight excluding hydrogens is 1280 g/mol. The van der Waals surface area contributed by atoms with Gasteiger partial charge < -0.3 is 69.8 Å². The number of carboxylic acid groups (broad SMARTS) is 6. The first-order valence-electron chi connectivity index (χ1n) is 33.3.